The van der Waals surface area contributed by atoms with Crippen LogP contribution in [0.3, 0.4) is 0 Å². The largest absolute Gasteiger partial charge is 0.497 e. The van der Waals surface area contributed by atoms with E-state index in [1.54, 1.807) is 30.3 Å². The number of rotatable bonds is 15. The second-order valence-corrected chi connectivity index (χ2v) is 10.5. The highest BCUT2D eigenvalue weighted by molar-refractivity contribution is 7.89. The van der Waals surface area contributed by atoms with Crippen molar-refractivity contribution in [1.29, 1.82) is 0 Å². The molecule has 0 aliphatic rings. The molecule has 0 aromatic heterocycles. The summed E-state index contributed by atoms with van der Waals surface area (Å²) in [6.45, 7) is 4.67. The lowest BCUT2D eigenvalue weighted by Gasteiger charge is -2.21. The first-order valence-corrected chi connectivity index (χ1v) is 14.2. The van der Waals surface area contributed by atoms with E-state index in [1.165, 1.54) is 25.5 Å². The van der Waals surface area contributed by atoms with Crippen LogP contribution in [-0.2, 0) is 21.2 Å². The van der Waals surface area contributed by atoms with E-state index >= 15 is 0 Å². The predicted molar refractivity (Wildman–Crippen MR) is 151 cm³/mol. The Morgan fingerprint density at radius 2 is 1.72 bits per heavy atom. The van der Waals surface area contributed by atoms with Gasteiger partial charge >= 0.3 is 0 Å². The van der Waals surface area contributed by atoms with Gasteiger partial charge in [0, 0.05) is 6.54 Å². The van der Waals surface area contributed by atoms with Crippen molar-refractivity contribution >= 4 is 22.1 Å². The molecule has 0 heterocycles. The van der Waals surface area contributed by atoms with E-state index in [-0.39, 0.29) is 11.4 Å². The molecule has 0 aliphatic heterocycles. The minimum absolute atomic E-state index is 0.0708. The van der Waals surface area contributed by atoms with Crippen LogP contribution in [-0.4, -0.2) is 58.3 Å². The first kappa shape index (κ1) is 29.7. The second kappa shape index (κ2) is 14.9. The van der Waals surface area contributed by atoms with E-state index in [0.717, 1.165) is 16.3 Å². The van der Waals surface area contributed by atoms with E-state index in [4.69, 9.17) is 14.2 Å². The van der Waals surface area contributed by atoms with E-state index in [0.29, 0.717) is 42.4 Å². The van der Waals surface area contributed by atoms with Crippen molar-refractivity contribution in [3.63, 3.8) is 0 Å². The SMILES string of the molecule is CCCOc1ccc(/C=N\NC(=O)CN(CCc2ccccc2)S(=O)(=O)c2ccc(OC)cc2)cc1OCC. The van der Waals surface area contributed by atoms with Gasteiger partial charge in [0.15, 0.2) is 11.5 Å². The molecule has 9 nitrogen and oxygen atoms in total. The van der Waals surface area contributed by atoms with E-state index < -0.39 is 22.5 Å². The number of sulfonamides is 1. The molecule has 10 heteroatoms. The third-order valence-corrected chi connectivity index (χ3v) is 7.50. The second-order valence-electron chi connectivity index (χ2n) is 8.53. The van der Waals surface area contributed by atoms with Crippen molar-refractivity contribution in [2.75, 3.05) is 33.4 Å². The van der Waals surface area contributed by atoms with Gasteiger partial charge in [0.1, 0.15) is 5.75 Å². The molecule has 0 fully saturated rings. The molecule has 0 spiro atoms. The number of nitrogens with zero attached hydrogens (tertiary/aromatic N) is 2. The molecular formula is C29H35N3O6S. The molecule has 0 unspecified atom stereocenters. The summed E-state index contributed by atoms with van der Waals surface area (Å²) >= 11 is 0. The molecule has 0 saturated heterocycles. The van der Waals surface area contributed by atoms with Crippen molar-refractivity contribution in [3.05, 3.63) is 83.9 Å². The fourth-order valence-electron chi connectivity index (χ4n) is 3.66. The van der Waals surface area contributed by atoms with E-state index in [2.05, 4.69) is 10.5 Å². The number of nitrogens with one attached hydrogen (secondary N) is 1. The molecule has 0 saturated carbocycles. The maximum Gasteiger partial charge on any atom is 0.255 e. The van der Waals surface area contributed by atoms with Gasteiger partial charge in [0.25, 0.3) is 5.91 Å². The van der Waals surface area contributed by atoms with Crippen LogP contribution in [0.25, 0.3) is 0 Å². The van der Waals surface area contributed by atoms with Gasteiger partial charge in [-0.25, -0.2) is 13.8 Å². The van der Waals surface area contributed by atoms with Gasteiger partial charge in [0.2, 0.25) is 10.0 Å². The van der Waals surface area contributed by atoms with Gasteiger partial charge in [-0.1, -0.05) is 37.3 Å². The van der Waals surface area contributed by atoms with Crippen molar-refractivity contribution < 1.29 is 27.4 Å². The van der Waals surface area contributed by atoms with Crippen molar-refractivity contribution in [2.24, 2.45) is 5.10 Å². The van der Waals surface area contributed by atoms with Crippen LogP contribution in [0.4, 0.5) is 0 Å². The van der Waals surface area contributed by atoms with Crippen molar-refractivity contribution in [2.45, 2.75) is 31.6 Å². The topological polar surface area (TPSA) is 107 Å². The highest BCUT2D eigenvalue weighted by Gasteiger charge is 2.26. The number of amides is 1. The fraction of sp³-hybridized carbons (Fsp3) is 0.310. The van der Waals surface area contributed by atoms with Gasteiger partial charge < -0.3 is 14.2 Å². The summed E-state index contributed by atoms with van der Waals surface area (Å²) in [5.74, 6) is 1.19. The zero-order valence-corrected chi connectivity index (χ0v) is 23.3. The molecule has 1 amide bonds. The van der Waals surface area contributed by atoms with Crippen molar-refractivity contribution in [3.8, 4) is 17.2 Å². The molecule has 0 radical (unpaired) electrons. The summed E-state index contributed by atoms with van der Waals surface area (Å²) in [5, 5.41) is 4.02. The predicted octanol–water partition coefficient (Wildman–Crippen LogP) is 4.27. The Kier molecular flexibility index (Phi) is 11.3. The summed E-state index contributed by atoms with van der Waals surface area (Å²) in [6.07, 6.45) is 2.78. The van der Waals surface area contributed by atoms with Crippen LogP contribution in [0.5, 0.6) is 17.2 Å². The number of hydrogen-bond donors (Lipinski definition) is 1. The van der Waals surface area contributed by atoms with Gasteiger partial charge in [0.05, 0.1) is 38.0 Å². The Balaban J connectivity index is 1.72. The number of benzene rings is 3. The maximum atomic E-state index is 13.4. The van der Waals surface area contributed by atoms with E-state index in [1.807, 2.05) is 44.2 Å². The maximum absolute atomic E-state index is 13.4. The smallest absolute Gasteiger partial charge is 0.255 e. The van der Waals surface area contributed by atoms with Crippen LogP contribution in [0.15, 0.2) is 82.8 Å². The lowest BCUT2D eigenvalue weighted by Crippen LogP contribution is -2.40. The normalized spacial score (nSPS) is 11.5. The Morgan fingerprint density at radius 1 is 0.974 bits per heavy atom. The first-order chi connectivity index (χ1) is 18.9. The lowest BCUT2D eigenvalue weighted by atomic mass is 10.1. The molecule has 3 aromatic rings. The Labute approximate surface area is 230 Å². The van der Waals surface area contributed by atoms with Crippen molar-refractivity contribution in [1.82, 2.24) is 9.73 Å². The number of carbonyl (C=O) groups is 1. The quantitative estimate of drug-likeness (QED) is 0.223. The number of hydrogen-bond acceptors (Lipinski definition) is 7. The summed E-state index contributed by atoms with van der Waals surface area (Å²) in [5.41, 5.74) is 4.08. The summed E-state index contributed by atoms with van der Waals surface area (Å²) < 4.78 is 44.5. The van der Waals surface area contributed by atoms with Gasteiger partial charge in [-0.15, -0.1) is 0 Å². The number of ether oxygens (including phenoxy) is 3. The fourth-order valence-corrected chi connectivity index (χ4v) is 5.06. The third kappa shape index (κ3) is 8.83. The number of methoxy groups -OCH3 is 1. The molecule has 1 N–H and O–H groups in total. The molecule has 3 rings (SSSR count). The highest BCUT2D eigenvalue weighted by Crippen LogP contribution is 2.28. The molecule has 208 valence electrons. The van der Waals surface area contributed by atoms with Gasteiger partial charge in [-0.3, -0.25) is 4.79 Å². The average molecular weight is 554 g/mol. The lowest BCUT2D eigenvalue weighted by molar-refractivity contribution is -0.121. The molecule has 3 aromatic carbocycles. The summed E-state index contributed by atoms with van der Waals surface area (Å²) in [6, 6.07) is 20.9. The minimum atomic E-state index is -3.96. The molecule has 0 bridgehead atoms. The summed E-state index contributed by atoms with van der Waals surface area (Å²) in [7, 11) is -2.45. The zero-order chi connectivity index (χ0) is 28.1. The molecule has 0 aliphatic carbocycles. The Bertz CT molecular complexity index is 1330. The van der Waals surface area contributed by atoms with Gasteiger partial charge in [-0.2, -0.15) is 9.41 Å². The monoisotopic (exact) mass is 553 g/mol. The van der Waals surface area contributed by atoms with Gasteiger partial charge in [-0.05, 0) is 73.4 Å². The molecular weight excluding hydrogens is 518 g/mol. The molecule has 0 atom stereocenters. The number of carbonyl (C=O) groups excluding carboxylic acids is 1. The number of hydrazone groups is 1. The van der Waals surface area contributed by atoms with Crippen LogP contribution in [0.2, 0.25) is 0 Å². The molecule has 39 heavy (non-hydrogen) atoms. The Hall–Kier alpha value is -3.89. The average Bonchev–Trinajstić information content (AvgIpc) is 2.95. The first-order valence-electron chi connectivity index (χ1n) is 12.8. The highest BCUT2D eigenvalue weighted by atomic mass is 32.2. The van der Waals surface area contributed by atoms with Crippen LogP contribution >= 0.6 is 0 Å². The summed E-state index contributed by atoms with van der Waals surface area (Å²) in [4.78, 5) is 12.9. The van der Waals surface area contributed by atoms with Crippen LogP contribution in [0, 0.1) is 0 Å². The Morgan fingerprint density at radius 3 is 2.38 bits per heavy atom. The standard InChI is InChI=1S/C29H35N3O6S/c1-4-19-38-27-16-11-24(20-28(27)37-5-2)21-30-31-29(33)22-32(18-17-23-9-7-6-8-10-23)39(34,35)26-14-12-25(36-3)13-15-26/h6-16,20-21H,4-5,17-19,22H2,1-3H3,(H,31,33)/b30-21-. The van der Waals surface area contributed by atoms with E-state index in [9.17, 15) is 13.2 Å². The van der Waals surface area contributed by atoms with Crippen LogP contribution in [0.1, 0.15) is 31.4 Å². The third-order valence-electron chi connectivity index (χ3n) is 5.64. The zero-order valence-electron chi connectivity index (χ0n) is 22.5. The minimum Gasteiger partial charge on any atom is -0.497 e. The van der Waals surface area contributed by atoms with Crippen LogP contribution < -0.4 is 19.6 Å².